The van der Waals surface area contributed by atoms with Gasteiger partial charge in [-0.3, -0.25) is 9.78 Å². The summed E-state index contributed by atoms with van der Waals surface area (Å²) in [4.78, 5) is 25.3. The summed E-state index contributed by atoms with van der Waals surface area (Å²) in [5.74, 6) is 0.897. The van der Waals surface area contributed by atoms with E-state index < -0.39 is 0 Å². The number of rotatable bonds is 3. The Bertz CT molecular complexity index is 1140. The number of aromatic nitrogens is 4. The predicted octanol–water partition coefficient (Wildman–Crippen LogP) is 3.11. The highest BCUT2D eigenvalue weighted by molar-refractivity contribution is 7.16. The van der Waals surface area contributed by atoms with E-state index in [0.29, 0.717) is 13.1 Å². The summed E-state index contributed by atoms with van der Waals surface area (Å²) >= 11 is 1.55. The summed E-state index contributed by atoms with van der Waals surface area (Å²) in [5, 5.41) is 8.71. The summed E-state index contributed by atoms with van der Waals surface area (Å²) in [6.07, 6.45) is 3.51. The van der Waals surface area contributed by atoms with E-state index in [9.17, 15) is 4.79 Å². The van der Waals surface area contributed by atoms with Gasteiger partial charge in [-0.15, -0.1) is 21.5 Å². The number of piperazine rings is 1. The molecule has 144 valence electrons. The fourth-order valence-corrected chi connectivity index (χ4v) is 4.19. The highest BCUT2D eigenvalue weighted by Gasteiger charge is 2.23. The van der Waals surface area contributed by atoms with Crippen LogP contribution in [0.25, 0.3) is 21.5 Å². The molecule has 1 aromatic carbocycles. The lowest BCUT2D eigenvalue weighted by Gasteiger charge is -2.35. The Balaban J connectivity index is 1.24. The van der Waals surface area contributed by atoms with Crippen molar-refractivity contribution >= 4 is 33.3 Å². The van der Waals surface area contributed by atoms with Crippen LogP contribution in [0.4, 0.5) is 5.82 Å². The molecule has 29 heavy (non-hydrogen) atoms. The van der Waals surface area contributed by atoms with Crippen molar-refractivity contribution in [3.05, 3.63) is 65.9 Å². The fraction of sp³-hybridized carbons (Fsp3) is 0.190. The Hall–Kier alpha value is -3.39. The van der Waals surface area contributed by atoms with Crippen LogP contribution < -0.4 is 4.90 Å². The SMILES string of the molecule is O=C(c1ccc2ncsc2c1)N1CCN(c2ccc(-c3cccnc3)nn2)CC1. The molecule has 1 aliphatic heterocycles. The molecule has 0 saturated carbocycles. The number of anilines is 1. The number of nitrogens with zero attached hydrogens (tertiary/aromatic N) is 6. The topological polar surface area (TPSA) is 75.1 Å². The van der Waals surface area contributed by atoms with Gasteiger partial charge in [0.2, 0.25) is 0 Å². The molecule has 0 radical (unpaired) electrons. The van der Waals surface area contributed by atoms with Gasteiger partial charge in [-0.2, -0.15) is 0 Å². The van der Waals surface area contributed by atoms with Crippen LogP contribution in [0.5, 0.6) is 0 Å². The Labute approximate surface area is 171 Å². The lowest BCUT2D eigenvalue weighted by Crippen LogP contribution is -2.49. The number of benzene rings is 1. The zero-order valence-corrected chi connectivity index (χ0v) is 16.4. The normalized spacial score (nSPS) is 14.3. The molecule has 0 N–H and O–H groups in total. The van der Waals surface area contributed by atoms with Crippen molar-refractivity contribution in [2.24, 2.45) is 0 Å². The zero-order chi connectivity index (χ0) is 19.6. The summed E-state index contributed by atoms with van der Waals surface area (Å²) in [6.45, 7) is 2.78. The van der Waals surface area contributed by atoms with Crippen LogP contribution in [0.3, 0.4) is 0 Å². The van der Waals surface area contributed by atoms with Crippen LogP contribution in [0, 0.1) is 0 Å². The number of thiazole rings is 1. The first kappa shape index (κ1) is 17.7. The number of fused-ring (bicyclic) bond motifs is 1. The molecule has 4 aromatic rings. The minimum atomic E-state index is 0.0676. The maximum Gasteiger partial charge on any atom is 0.254 e. The monoisotopic (exact) mass is 402 g/mol. The van der Waals surface area contributed by atoms with Crippen molar-refractivity contribution in [1.82, 2.24) is 25.1 Å². The molecule has 0 aliphatic carbocycles. The van der Waals surface area contributed by atoms with Gasteiger partial charge in [-0.1, -0.05) is 0 Å². The number of hydrogen-bond donors (Lipinski definition) is 0. The molecule has 4 heterocycles. The van der Waals surface area contributed by atoms with E-state index in [1.165, 1.54) is 0 Å². The third-order valence-corrected chi connectivity index (χ3v) is 5.87. The van der Waals surface area contributed by atoms with E-state index in [2.05, 4.69) is 25.1 Å². The number of amides is 1. The average Bonchev–Trinajstić information content (AvgIpc) is 3.27. The third-order valence-electron chi connectivity index (χ3n) is 5.08. The highest BCUT2D eigenvalue weighted by atomic mass is 32.1. The summed E-state index contributed by atoms with van der Waals surface area (Å²) in [7, 11) is 0. The van der Waals surface area contributed by atoms with E-state index in [-0.39, 0.29) is 5.91 Å². The second-order valence-corrected chi connectivity index (χ2v) is 7.72. The number of pyridine rings is 1. The summed E-state index contributed by atoms with van der Waals surface area (Å²) in [5.41, 5.74) is 5.20. The molecule has 1 amide bonds. The van der Waals surface area contributed by atoms with Crippen molar-refractivity contribution in [3.8, 4) is 11.3 Å². The molecule has 8 heteroatoms. The van der Waals surface area contributed by atoms with Crippen LogP contribution in [0.1, 0.15) is 10.4 Å². The maximum absolute atomic E-state index is 12.9. The quantitative estimate of drug-likeness (QED) is 0.524. The highest BCUT2D eigenvalue weighted by Crippen LogP contribution is 2.22. The van der Waals surface area contributed by atoms with E-state index in [1.807, 2.05) is 47.4 Å². The Morgan fingerprint density at radius 1 is 1.00 bits per heavy atom. The van der Waals surface area contributed by atoms with E-state index in [4.69, 9.17) is 0 Å². The lowest BCUT2D eigenvalue weighted by molar-refractivity contribution is 0.0746. The number of hydrogen-bond acceptors (Lipinski definition) is 7. The van der Waals surface area contributed by atoms with E-state index in [0.717, 1.165) is 45.9 Å². The summed E-state index contributed by atoms with van der Waals surface area (Å²) in [6, 6.07) is 13.5. The van der Waals surface area contributed by atoms with Crippen LogP contribution in [-0.2, 0) is 0 Å². The molecule has 5 rings (SSSR count). The first-order valence-corrected chi connectivity index (χ1v) is 10.3. The minimum Gasteiger partial charge on any atom is -0.352 e. The second-order valence-electron chi connectivity index (χ2n) is 6.83. The molecule has 1 aliphatic rings. The molecule has 0 spiro atoms. The van der Waals surface area contributed by atoms with Crippen LogP contribution >= 0.6 is 11.3 Å². The molecule has 1 saturated heterocycles. The van der Waals surface area contributed by atoms with Crippen molar-refractivity contribution in [1.29, 1.82) is 0 Å². The summed E-state index contributed by atoms with van der Waals surface area (Å²) < 4.78 is 1.04. The van der Waals surface area contributed by atoms with E-state index >= 15 is 0 Å². The zero-order valence-electron chi connectivity index (χ0n) is 15.6. The third kappa shape index (κ3) is 3.54. The fourth-order valence-electron chi connectivity index (χ4n) is 3.47. The van der Waals surface area contributed by atoms with E-state index in [1.54, 1.807) is 29.2 Å². The Kier molecular flexibility index (Phi) is 4.61. The molecule has 0 bridgehead atoms. The van der Waals surface area contributed by atoms with Gasteiger partial charge in [0.05, 0.1) is 21.4 Å². The van der Waals surface area contributed by atoms with Gasteiger partial charge in [0, 0.05) is 49.7 Å². The average molecular weight is 402 g/mol. The van der Waals surface area contributed by atoms with Crippen LogP contribution in [0.2, 0.25) is 0 Å². The maximum atomic E-state index is 12.9. The van der Waals surface area contributed by atoms with Crippen molar-refractivity contribution < 1.29 is 4.79 Å². The van der Waals surface area contributed by atoms with Crippen molar-refractivity contribution in [2.75, 3.05) is 31.1 Å². The van der Waals surface area contributed by atoms with Gasteiger partial charge in [0.15, 0.2) is 5.82 Å². The lowest BCUT2D eigenvalue weighted by atomic mass is 10.1. The van der Waals surface area contributed by atoms with Gasteiger partial charge in [-0.05, 0) is 42.5 Å². The van der Waals surface area contributed by atoms with Crippen molar-refractivity contribution in [2.45, 2.75) is 0 Å². The minimum absolute atomic E-state index is 0.0676. The van der Waals surface area contributed by atoms with Gasteiger partial charge in [0.1, 0.15) is 0 Å². The molecular weight excluding hydrogens is 384 g/mol. The smallest absolute Gasteiger partial charge is 0.254 e. The van der Waals surface area contributed by atoms with Gasteiger partial charge in [0.25, 0.3) is 5.91 Å². The van der Waals surface area contributed by atoms with Gasteiger partial charge in [-0.25, -0.2) is 4.98 Å². The number of carbonyl (C=O) groups is 1. The van der Waals surface area contributed by atoms with Gasteiger partial charge >= 0.3 is 0 Å². The largest absolute Gasteiger partial charge is 0.352 e. The number of carbonyl (C=O) groups excluding carboxylic acids is 1. The molecule has 7 nitrogen and oxygen atoms in total. The van der Waals surface area contributed by atoms with Crippen LogP contribution in [-0.4, -0.2) is 57.2 Å². The van der Waals surface area contributed by atoms with Gasteiger partial charge < -0.3 is 9.80 Å². The molecular formula is C21H18N6OS. The predicted molar refractivity (Wildman–Crippen MR) is 113 cm³/mol. The molecule has 1 fully saturated rings. The van der Waals surface area contributed by atoms with Crippen LogP contribution in [0.15, 0.2) is 60.4 Å². The molecule has 0 atom stereocenters. The first-order valence-electron chi connectivity index (χ1n) is 9.39. The molecule has 3 aromatic heterocycles. The molecule has 0 unspecified atom stereocenters. The van der Waals surface area contributed by atoms with Crippen molar-refractivity contribution in [3.63, 3.8) is 0 Å². The second kappa shape index (κ2) is 7.56. The standard InChI is InChI=1S/C21H18N6OS/c28-21(15-3-4-18-19(12-15)29-14-23-18)27-10-8-26(9-11-27)20-6-5-17(24-25-20)16-2-1-7-22-13-16/h1-7,12-14H,8-11H2. The Morgan fingerprint density at radius 3 is 2.66 bits per heavy atom. The first-order chi connectivity index (χ1) is 14.3. The Morgan fingerprint density at radius 2 is 1.90 bits per heavy atom.